The van der Waals surface area contributed by atoms with Crippen LogP contribution in [0.2, 0.25) is 5.02 Å². The summed E-state index contributed by atoms with van der Waals surface area (Å²) in [5.41, 5.74) is 3.55. The van der Waals surface area contributed by atoms with E-state index in [1.807, 2.05) is 0 Å². The van der Waals surface area contributed by atoms with Gasteiger partial charge in [0, 0.05) is 5.56 Å². The van der Waals surface area contributed by atoms with Gasteiger partial charge >= 0.3 is 5.97 Å². The number of benzene rings is 2. The highest BCUT2D eigenvalue weighted by Gasteiger charge is 2.19. The van der Waals surface area contributed by atoms with Crippen LogP contribution in [0, 0.1) is 0 Å². The number of nitrogens with two attached hydrogens (primary N) is 1. The summed E-state index contributed by atoms with van der Waals surface area (Å²) in [6.45, 7) is 0. The smallest absolute Gasteiger partial charge is 0.335 e. The van der Waals surface area contributed by atoms with Gasteiger partial charge in [-0.05, 0) is 42.7 Å². The van der Waals surface area contributed by atoms with E-state index in [-0.39, 0.29) is 21.0 Å². The molecule has 0 fully saturated rings. The number of hydrogen-bond acceptors (Lipinski definition) is 6. The molecule has 146 valence electrons. The van der Waals surface area contributed by atoms with Gasteiger partial charge in [0.1, 0.15) is 4.90 Å². The minimum atomic E-state index is -4.10. The van der Waals surface area contributed by atoms with Gasteiger partial charge in [-0.2, -0.15) is 0 Å². The predicted molar refractivity (Wildman–Crippen MR) is 105 cm³/mol. The fourth-order valence-corrected chi connectivity index (χ4v) is 4.05. The average molecular weight is 441 g/mol. The van der Waals surface area contributed by atoms with Crippen LogP contribution in [-0.2, 0) is 10.0 Å². The number of nitrogens with one attached hydrogen (secondary N) is 1. The second-order valence-corrected chi connectivity index (χ2v) is 8.28. The van der Waals surface area contributed by atoms with Gasteiger partial charge in [-0.15, -0.1) is 0 Å². The summed E-state index contributed by atoms with van der Waals surface area (Å²) in [4.78, 5) is 27.7. The number of rotatable bonds is 5. The summed E-state index contributed by atoms with van der Waals surface area (Å²) in [6.07, 6.45) is 1.74. The third kappa shape index (κ3) is 3.83. The number of thioether (sulfide) groups is 1. The lowest BCUT2D eigenvalue weighted by Crippen LogP contribution is -2.24. The molecule has 0 aliphatic rings. The summed E-state index contributed by atoms with van der Waals surface area (Å²) >= 11 is 7.07. The quantitative estimate of drug-likeness (QED) is 0.515. The first-order valence-corrected chi connectivity index (χ1v) is 10.7. The zero-order chi connectivity index (χ0) is 20.6. The molecule has 0 radical (unpaired) electrons. The Morgan fingerprint density at radius 1 is 1.21 bits per heavy atom. The first-order valence-electron chi connectivity index (χ1n) is 7.55. The minimum absolute atomic E-state index is 0.0180. The van der Waals surface area contributed by atoms with Crippen LogP contribution in [0.3, 0.4) is 0 Å². The molecule has 9 nitrogen and oxygen atoms in total. The zero-order valence-electron chi connectivity index (χ0n) is 14.2. The molecule has 2 aromatic carbocycles. The van der Waals surface area contributed by atoms with Crippen LogP contribution in [0.5, 0.6) is 0 Å². The number of carbonyl (C=O) groups excluding carboxylic acids is 1. The molecule has 1 heterocycles. The van der Waals surface area contributed by atoms with Crippen molar-refractivity contribution in [3.63, 3.8) is 0 Å². The molecular weight excluding hydrogens is 428 g/mol. The SMILES string of the molecule is CSc1nc2cc(C(=O)O)ccc2n1NC(=O)c1ccc(Cl)c(S(N)(=O)=O)c1. The van der Waals surface area contributed by atoms with Gasteiger partial charge in [-0.3, -0.25) is 10.2 Å². The van der Waals surface area contributed by atoms with Gasteiger partial charge in [-0.1, -0.05) is 23.4 Å². The number of imidazole rings is 1. The zero-order valence-corrected chi connectivity index (χ0v) is 16.6. The molecule has 12 heteroatoms. The molecule has 4 N–H and O–H groups in total. The van der Waals surface area contributed by atoms with Crippen molar-refractivity contribution in [2.75, 3.05) is 11.7 Å². The highest BCUT2D eigenvalue weighted by Crippen LogP contribution is 2.24. The van der Waals surface area contributed by atoms with E-state index in [0.717, 1.165) is 6.07 Å². The van der Waals surface area contributed by atoms with Crippen LogP contribution >= 0.6 is 23.4 Å². The number of halogens is 1. The van der Waals surface area contributed by atoms with Crippen molar-refractivity contribution in [1.82, 2.24) is 9.66 Å². The van der Waals surface area contributed by atoms with Gasteiger partial charge in [-0.25, -0.2) is 28.0 Å². The van der Waals surface area contributed by atoms with Gasteiger partial charge in [0.05, 0.1) is 21.6 Å². The standard InChI is InChI=1S/C16H13ClN4O5S2/c1-27-16-19-11-6-9(15(23)24)3-5-12(11)21(16)20-14(22)8-2-4-10(17)13(7-8)28(18,25)26/h2-7H,1H3,(H,20,22)(H,23,24)(H2,18,25,26). The highest BCUT2D eigenvalue weighted by atomic mass is 35.5. The number of sulfonamides is 1. The number of aromatic nitrogens is 2. The Morgan fingerprint density at radius 2 is 1.89 bits per heavy atom. The second-order valence-electron chi connectivity index (χ2n) is 5.57. The average Bonchev–Trinajstić information content (AvgIpc) is 2.97. The lowest BCUT2D eigenvalue weighted by molar-refractivity contribution is 0.0696. The summed E-state index contributed by atoms with van der Waals surface area (Å²) < 4.78 is 24.6. The molecule has 0 atom stereocenters. The number of carboxylic acid groups (broad SMARTS) is 1. The number of primary sulfonamides is 1. The maximum absolute atomic E-state index is 12.6. The van der Waals surface area contributed by atoms with Gasteiger partial charge in [0.2, 0.25) is 10.0 Å². The Morgan fingerprint density at radius 3 is 2.50 bits per heavy atom. The third-order valence-corrected chi connectivity index (χ3v) is 5.80. The van der Waals surface area contributed by atoms with Crippen molar-refractivity contribution in [3.8, 4) is 0 Å². The predicted octanol–water partition coefficient (Wildman–Crippen LogP) is 2.14. The lowest BCUT2D eigenvalue weighted by atomic mass is 10.2. The monoisotopic (exact) mass is 440 g/mol. The van der Waals surface area contributed by atoms with E-state index >= 15 is 0 Å². The van der Waals surface area contributed by atoms with Gasteiger partial charge in [0.25, 0.3) is 5.91 Å². The van der Waals surface area contributed by atoms with Crippen molar-refractivity contribution in [3.05, 3.63) is 52.5 Å². The number of hydrogen-bond donors (Lipinski definition) is 3. The maximum Gasteiger partial charge on any atom is 0.335 e. The minimum Gasteiger partial charge on any atom is -0.478 e. The topological polar surface area (TPSA) is 144 Å². The van der Waals surface area contributed by atoms with Crippen LogP contribution in [-0.4, -0.2) is 41.3 Å². The molecule has 3 rings (SSSR count). The van der Waals surface area contributed by atoms with Crippen molar-refractivity contribution >= 4 is 56.3 Å². The number of nitrogens with zero attached hydrogens (tertiary/aromatic N) is 2. The van der Waals surface area contributed by atoms with Gasteiger partial charge in [0.15, 0.2) is 5.16 Å². The molecule has 0 aliphatic heterocycles. The van der Waals surface area contributed by atoms with Crippen LogP contribution in [0.1, 0.15) is 20.7 Å². The van der Waals surface area contributed by atoms with Crippen molar-refractivity contribution in [2.45, 2.75) is 10.1 Å². The molecule has 0 unspecified atom stereocenters. The lowest BCUT2D eigenvalue weighted by Gasteiger charge is -2.11. The molecule has 28 heavy (non-hydrogen) atoms. The fraction of sp³-hybridized carbons (Fsp3) is 0.0625. The third-order valence-electron chi connectivity index (χ3n) is 3.77. The van der Waals surface area contributed by atoms with Crippen LogP contribution in [0.4, 0.5) is 0 Å². The van der Waals surface area contributed by atoms with Crippen molar-refractivity contribution in [2.24, 2.45) is 5.14 Å². The summed E-state index contributed by atoms with van der Waals surface area (Å²) in [6, 6.07) is 7.99. The second kappa shape index (κ2) is 7.43. The van der Waals surface area contributed by atoms with E-state index in [0.29, 0.717) is 16.2 Å². The Kier molecular flexibility index (Phi) is 5.35. The van der Waals surface area contributed by atoms with Crippen molar-refractivity contribution < 1.29 is 23.1 Å². The first-order chi connectivity index (χ1) is 13.1. The number of carboxylic acids is 1. The Balaban J connectivity index is 2.03. The molecule has 0 saturated heterocycles. The van der Waals surface area contributed by atoms with Crippen molar-refractivity contribution in [1.29, 1.82) is 0 Å². The van der Waals surface area contributed by atoms with E-state index in [4.69, 9.17) is 21.8 Å². The molecule has 0 bridgehead atoms. The molecule has 0 spiro atoms. The number of aromatic carboxylic acids is 1. The molecule has 1 amide bonds. The number of carbonyl (C=O) groups is 2. The normalized spacial score (nSPS) is 11.5. The molecular formula is C16H13ClN4O5S2. The van der Waals surface area contributed by atoms with E-state index in [1.54, 1.807) is 6.26 Å². The van der Waals surface area contributed by atoms with E-state index in [1.165, 1.54) is 46.8 Å². The van der Waals surface area contributed by atoms with E-state index in [2.05, 4.69) is 10.4 Å². The van der Waals surface area contributed by atoms with Crippen LogP contribution in [0.25, 0.3) is 11.0 Å². The summed E-state index contributed by atoms with van der Waals surface area (Å²) in [7, 11) is -4.10. The Hall–Kier alpha value is -2.60. The summed E-state index contributed by atoms with van der Waals surface area (Å²) in [5.74, 6) is -1.72. The molecule has 3 aromatic rings. The van der Waals surface area contributed by atoms with Crippen LogP contribution in [0.15, 0.2) is 46.5 Å². The maximum atomic E-state index is 12.6. The largest absolute Gasteiger partial charge is 0.478 e. The van der Waals surface area contributed by atoms with Crippen LogP contribution < -0.4 is 10.6 Å². The molecule has 0 aliphatic carbocycles. The molecule has 0 saturated carbocycles. The van der Waals surface area contributed by atoms with Gasteiger partial charge < -0.3 is 5.11 Å². The van der Waals surface area contributed by atoms with E-state index in [9.17, 15) is 18.0 Å². The summed E-state index contributed by atoms with van der Waals surface area (Å²) in [5, 5.41) is 14.5. The Bertz CT molecular complexity index is 1220. The number of amides is 1. The highest BCUT2D eigenvalue weighted by molar-refractivity contribution is 7.98. The first kappa shape index (κ1) is 20.1. The number of fused-ring (bicyclic) bond motifs is 1. The van der Waals surface area contributed by atoms with E-state index < -0.39 is 21.9 Å². The fourth-order valence-electron chi connectivity index (χ4n) is 2.46. The molecule has 1 aromatic heterocycles. The Labute approximate surface area is 168 Å².